The zero-order valence-electron chi connectivity index (χ0n) is 10.9. The van der Waals surface area contributed by atoms with Gasteiger partial charge in [0.05, 0.1) is 0 Å². The molecule has 2 heteroatoms. The molecule has 0 saturated heterocycles. The maximum Gasteiger partial charge on any atom is 0.0346 e. The van der Waals surface area contributed by atoms with Crippen molar-refractivity contribution in [1.82, 2.24) is 4.90 Å². The number of fused-ring (bicyclic) bond motifs is 5. The summed E-state index contributed by atoms with van der Waals surface area (Å²) in [6.07, 6.45) is 0. The van der Waals surface area contributed by atoms with Gasteiger partial charge in [-0.25, -0.2) is 0 Å². The summed E-state index contributed by atoms with van der Waals surface area (Å²) in [6.45, 7) is 2.05. The van der Waals surface area contributed by atoms with Crippen molar-refractivity contribution in [3.63, 3.8) is 0 Å². The van der Waals surface area contributed by atoms with Crippen molar-refractivity contribution in [3.8, 4) is 11.1 Å². The van der Waals surface area contributed by atoms with Crippen molar-refractivity contribution in [2.45, 2.75) is 13.1 Å². The summed E-state index contributed by atoms with van der Waals surface area (Å²) in [4.78, 5) is 2.40. The number of benzene rings is 2. The second-order valence-corrected chi connectivity index (χ2v) is 6.20. The van der Waals surface area contributed by atoms with E-state index in [-0.39, 0.29) is 0 Å². The third-order valence-corrected chi connectivity index (χ3v) is 4.80. The van der Waals surface area contributed by atoms with E-state index < -0.39 is 0 Å². The number of rotatable bonds is 0. The van der Waals surface area contributed by atoms with E-state index in [4.69, 9.17) is 0 Å². The molecule has 0 bridgehead atoms. The van der Waals surface area contributed by atoms with Crippen LogP contribution >= 0.6 is 11.3 Å². The molecule has 0 spiro atoms. The normalized spacial score (nSPS) is 15.0. The first-order valence-electron chi connectivity index (χ1n) is 6.59. The van der Waals surface area contributed by atoms with Crippen LogP contribution in [0.2, 0.25) is 0 Å². The Balaban J connectivity index is 2.09. The fourth-order valence-corrected chi connectivity index (χ4v) is 3.88. The highest BCUT2D eigenvalue weighted by atomic mass is 32.1. The van der Waals surface area contributed by atoms with Crippen molar-refractivity contribution in [2.24, 2.45) is 0 Å². The molecule has 0 saturated carbocycles. The Kier molecular flexibility index (Phi) is 2.47. The lowest BCUT2D eigenvalue weighted by Crippen LogP contribution is -2.15. The highest BCUT2D eigenvalue weighted by molar-refractivity contribution is 7.17. The molecule has 94 valence electrons. The number of hydrogen-bond acceptors (Lipinski definition) is 2. The van der Waals surface area contributed by atoms with Crippen LogP contribution in [0.25, 0.3) is 21.2 Å². The average Bonchev–Trinajstić information content (AvgIpc) is 2.83. The maximum absolute atomic E-state index is 2.40. The van der Waals surface area contributed by atoms with E-state index in [2.05, 4.69) is 59.8 Å². The lowest BCUT2D eigenvalue weighted by molar-refractivity contribution is 0.324. The van der Waals surface area contributed by atoms with Crippen molar-refractivity contribution >= 4 is 21.4 Å². The molecule has 19 heavy (non-hydrogen) atoms. The third kappa shape index (κ3) is 1.71. The van der Waals surface area contributed by atoms with Gasteiger partial charge in [-0.1, -0.05) is 30.3 Å². The first kappa shape index (κ1) is 11.2. The smallest absolute Gasteiger partial charge is 0.0346 e. The summed E-state index contributed by atoms with van der Waals surface area (Å²) in [6, 6.07) is 15.6. The molecule has 0 N–H and O–H groups in total. The minimum absolute atomic E-state index is 1.02. The summed E-state index contributed by atoms with van der Waals surface area (Å²) in [7, 11) is 2.21. The molecule has 0 amide bonds. The second-order valence-electron chi connectivity index (χ2n) is 5.25. The molecule has 1 aromatic heterocycles. The first-order chi connectivity index (χ1) is 9.33. The van der Waals surface area contributed by atoms with Gasteiger partial charge in [-0.3, -0.25) is 4.90 Å². The van der Waals surface area contributed by atoms with Gasteiger partial charge in [-0.05, 0) is 52.2 Å². The average molecular weight is 265 g/mol. The highest BCUT2D eigenvalue weighted by Gasteiger charge is 2.18. The molecule has 2 heterocycles. The molecule has 1 nitrogen and oxygen atoms in total. The Labute approximate surface area is 117 Å². The maximum atomic E-state index is 2.40. The van der Waals surface area contributed by atoms with Crippen LogP contribution < -0.4 is 0 Å². The van der Waals surface area contributed by atoms with Crippen LogP contribution in [-0.2, 0) is 13.1 Å². The van der Waals surface area contributed by atoms with Crippen LogP contribution in [-0.4, -0.2) is 11.9 Å². The van der Waals surface area contributed by atoms with E-state index in [1.807, 2.05) is 11.3 Å². The van der Waals surface area contributed by atoms with Crippen LogP contribution in [0.1, 0.15) is 11.1 Å². The molecule has 4 rings (SSSR count). The zero-order chi connectivity index (χ0) is 12.8. The van der Waals surface area contributed by atoms with E-state index in [9.17, 15) is 0 Å². The minimum Gasteiger partial charge on any atom is -0.298 e. The van der Waals surface area contributed by atoms with E-state index in [1.54, 1.807) is 0 Å². The Morgan fingerprint density at radius 1 is 0.947 bits per heavy atom. The number of thiophene rings is 1. The SMILES string of the molecule is CN1Cc2ccccc2-c2ccc3sccc3c2C1. The Morgan fingerprint density at radius 2 is 1.84 bits per heavy atom. The minimum atomic E-state index is 1.02. The molecular weight excluding hydrogens is 250 g/mol. The van der Waals surface area contributed by atoms with Crippen molar-refractivity contribution in [3.05, 3.63) is 59.0 Å². The predicted octanol–water partition coefficient (Wildman–Crippen LogP) is 4.51. The Hall–Kier alpha value is -1.64. The van der Waals surface area contributed by atoms with E-state index in [0.717, 1.165) is 13.1 Å². The fourth-order valence-electron chi connectivity index (χ4n) is 3.06. The molecule has 1 aliphatic rings. The summed E-state index contributed by atoms with van der Waals surface area (Å²) < 4.78 is 1.39. The molecule has 0 fully saturated rings. The standard InChI is InChI=1S/C17H15NS/c1-18-10-12-4-2-3-5-13(12)14-6-7-17-15(8-9-19-17)16(14)11-18/h2-9H,10-11H2,1H3. The lowest BCUT2D eigenvalue weighted by Gasteiger charge is -2.14. The van der Waals surface area contributed by atoms with E-state index in [0.29, 0.717) is 0 Å². The molecule has 0 radical (unpaired) electrons. The summed E-state index contributed by atoms with van der Waals surface area (Å²) in [5, 5.41) is 3.62. The molecule has 0 atom stereocenters. The first-order valence-corrected chi connectivity index (χ1v) is 7.47. The topological polar surface area (TPSA) is 3.24 Å². The fraction of sp³-hybridized carbons (Fsp3) is 0.176. The zero-order valence-corrected chi connectivity index (χ0v) is 11.7. The number of hydrogen-bond donors (Lipinski definition) is 0. The van der Waals surface area contributed by atoms with Crippen molar-refractivity contribution < 1.29 is 0 Å². The molecule has 3 aromatic rings. The Morgan fingerprint density at radius 3 is 2.79 bits per heavy atom. The van der Waals surface area contributed by atoms with Gasteiger partial charge in [0.25, 0.3) is 0 Å². The summed E-state index contributed by atoms with van der Waals surface area (Å²) in [5.74, 6) is 0. The summed E-state index contributed by atoms with van der Waals surface area (Å²) >= 11 is 1.83. The van der Waals surface area contributed by atoms with Crippen LogP contribution in [0, 0.1) is 0 Å². The monoisotopic (exact) mass is 265 g/mol. The van der Waals surface area contributed by atoms with Crippen LogP contribution in [0.15, 0.2) is 47.8 Å². The van der Waals surface area contributed by atoms with Crippen LogP contribution in [0.5, 0.6) is 0 Å². The van der Waals surface area contributed by atoms with E-state index >= 15 is 0 Å². The highest BCUT2D eigenvalue weighted by Crippen LogP contribution is 2.37. The van der Waals surface area contributed by atoms with Crippen molar-refractivity contribution in [2.75, 3.05) is 7.05 Å². The Bertz CT molecular complexity index is 757. The molecule has 2 aromatic carbocycles. The van der Waals surface area contributed by atoms with Gasteiger partial charge in [0, 0.05) is 17.8 Å². The van der Waals surface area contributed by atoms with Gasteiger partial charge in [-0.15, -0.1) is 11.3 Å². The predicted molar refractivity (Wildman–Crippen MR) is 82.4 cm³/mol. The van der Waals surface area contributed by atoms with Gasteiger partial charge >= 0.3 is 0 Å². The van der Waals surface area contributed by atoms with Gasteiger partial charge in [0.2, 0.25) is 0 Å². The van der Waals surface area contributed by atoms with Gasteiger partial charge in [-0.2, -0.15) is 0 Å². The number of nitrogens with zero attached hydrogens (tertiary/aromatic N) is 1. The largest absolute Gasteiger partial charge is 0.298 e. The van der Waals surface area contributed by atoms with Crippen molar-refractivity contribution in [1.29, 1.82) is 0 Å². The molecule has 1 aliphatic heterocycles. The lowest BCUT2D eigenvalue weighted by atomic mass is 9.95. The third-order valence-electron chi connectivity index (χ3n) is 3.92. The van der Waals surface area contributed by atoms with Gasteiger partial charge in [0.15, 0.2) is 0 Å². The molecule has 0 unspecified atom stereocenters. The van der Waals surface area contributed by atoms with Gasteiger partial charge < -0.3 is 0 Å². The second kappa shape index (κ2) is 4.19. The van der Waals surface area contributed by atoms with Gasteiger partial charge in [0.1, 0.15) is 0 Å². The van der Waals surface area contributed by atoms with Crippen LogP contribution in [0.4, 0.5) is 0 Å². The van der Waals surface area contributed by atoms with E-state index in [1.165, 1.54) is 32.3 Å². The molecular formula is C17H15NS. The summed E-state index contributed by atoms with van der Waals surface area (Å²) in [5.41, 5.74) is 5.71. The molecule has 0 aliphatic carbocycles. The quantitative estimate of drug-likeness (QED) is 0.578. The van der Waals surface area contributed by atoms with Crippen LogP contribution in [0.3, 0.4) is 0 Å².